The van der Waals surface area contributed by atoms with E-state index in [2.05, 4.69) is 0 Å². The molecule has 0 radical (unpaired) electrons. The second-order valence-corrected chi connectivity index (χ2v) is 10.7. The molecule has 28 heavy (non-hydrogen) atoms. The fourth-order valence-corrected chi connectivity index (χ4v) is 6.31. The van der Waals surface area contributed by atoms with E-state index in [9.17, 15) is 9.67 Å². The van der Waals surface area contributed by atoms with Gasteiger partial charge in [-0.2, -0.15) is 0 Å². The van der Waals surface area contributed by atoms with E-state index in [-0.39, 0.29) is 6.61 Å². The molecule has 1 N–H and O–H groups in total. The minimum Gasteiger partial charge on any atom is -0.497 e. The van der Waals surface area contributed by atoms with Crippen molar-refractivity contribution < 1.29 is 37.9 Å². The molecule has 1 aromatic rings. The highest BCUT2D eigenvalue weighted by Gasteiger charge is 2.62. The summed E-state index contributed by atoms with van der Waals surface area (Å²) in [6.45, 7) is 7.39. The van der Waals surface area contributed by atoms with E-state index in [0.29, 0.717) is 11.1 Å². The van der Waals surface area contributed by atoms with Crippen molar-refractivity contribution in [3.8, 4) is 5.75 Å². The van der Waals surface area contributed by atoms with Crippen LogP contribution in [0, 0.1) is 0 Å². The number of aliphatic hydroxyl groups excluding tert-OH is 1. The Balaban J connectivity index is 1.71. The summed E-state index contributed by atoms with van der Waals surface area (Å²) in [6.07, 6.45) is -2.66. The predicted molar refractivity (Wildman–Crippen MR) is 99.8 cm³/mol. The lowest BCUT2D eigenvalue weighted by atomic mass is 10.0. The van der Waals surface area contributed by atoms with Crippen LogP contribution in [0.4, 0.5) is 0 Å². The van der Waals surface area contributed by atoms with Gasteiger partial charge in [-0.25, -0.2) is 0 Å². The Kier molecular flexibility index (Phi) is 4.91. The Hall–Kier alpha value is -0.990. The Labute approximate surface area is 164 Å². The van der Waals surface area contributed by atoms with Crippen molar-refractivity contribution >= 4 is 12.7 Å². The molecule has 8 nitrogen and oxygen atoms in total. The van der Waals surface area contributed by atoms with Crippen LogP contribution in [-0.2, 0) is 28.0 Å². The molecule has 4 rings (SSSR count). The van der Waals surface area contributed by atoms with Crippen LogP contribution in [0.5, 0.6) is 5.75 Å². The Morgan fingerprint density at radius 3 is 2.21 bits per heavy atom. The minimum absolute atomic E-state index is 0.267. The number of methoxy groups -OCH3 is 1. The van der Waals surface area contributed by atoms with Crippen molar-refractivity contribution in [2.45, 2.75) is 69.5 Å². The van der Waals surface area contributed by atoms with E-state index < -0.39 is 49.2 Å². The summed E-state index contributed by atoms with van der Waals surface area (Å²) in [4.78, 5) is 0. The molecule has 9 heteroatoms. The quantitative estimate of drug-likeness (QED) is 0.751. The third-order valence-corrected chi connectivity index (χ3v) is 7.80. The van der Waals surface area contributed by atoms with Crippen molar-refractivity contribution in [1.29, 1.82) is 0 Å². The van der Waals surface area contributed by atoms with Crippen molar-refractivity contribution in [3.63, 3.8) is 0 Å². The van der Waals surface area contributed by atoms with Crippen LogP contribution in [0.25, 0.3) is 0 Å². The smallest absolute Gasteiger partial charge is 0.262 e. The van der Waals surface area contributed by atoms with Gasteiger partial charge in [-0.1, -0.05) is 0 Å². The largest absolute Gasteiger partial charge is 0.497 e. The number of hydrogen-bond donors (Lipinski definition) is 1. The maximum Gasteiger partial charge on any atom is 0.262 e. The standard InChI is InChI=1S/C19H27O8P/c1-18(2)23-10-13(24-18)14-15-16(26-19(3,4)25-15)17(20)28(21,27-14)12-8-6-11(22-5)7-9-12/h6-9,13-17,20H,10H2,1-5H3/t13-,14-,15+,16+,17-,28+/m1/s1. The average molecular weight is 414 g/mol. The summed E-state index contributed by atoms with van der Waals surface area (Å²) in [5, 5.41) is 11.4. The SMILES string of the molecule is COc1ccc([P@]2(=O)O[C@H]([C@H]3COC(C)(C)O3)[C@@H]3OC(C)(C)O[C@@H]3[C@@H]2O)cc1. The van der Waals surface area contributed by atoms with Crippen LogP contribution in [0.2, 0.25) is 0 Å². The highest BCUT2D eigenvalue weighted by molar-refractivity contribution is 7.67. The molecule has 0 aromatic heterocycles. The molecule has 3 fully saturated rings. The van der Waals surface area contributed by atoms with Gasteiger partial charge < -0.3 is 33.3 Å². The fourth-order valence-electron chi connectivity index (χ4n) is 3.96. The summed E-state index contributed by atoms with van der Waals surface area (Å²) < 4.78 is 48.7. The van der Waals surface area contributed by atoms with Crippen LogP contribution in [-0.4, -0.2) is 60.7 Å². The maximum atomic E-state index is 13.9. The molecular weight excluding hydrogens is 387 g/mol. The molecule has 156 valence electrons. The number of benzene rings is 1. The first-order valence-corrected chi connectivity index (χ1v) is 11.0. The molecule has 0 saturated carbocycles. The highest BCUT2D eigenvalue weighted by atomic mass is 31.2. The van der Waals surface area contributed by atoms with E-state index in [4.69, 9.17) is 28.2 Å². The first-order chi connectivity index (χ1) is 13.0. The Morgan fingerprint density at radius 2 is 1.64 bits per heavy atom. The Bertz CT molecular complexity index is 777. The lowest BCUT2D eigenvalue weighted by Crippen LogP contribution is -2.55. The molecule has 0 bridgehead atoms. The van der Waals surface area contributed by atoms with E-state index in [1.54, 1.807) is 59.1 Å². The topological polar surface area (TPSA) is 92.7 Å². The van der Waals surface area contributed by atoms with Gasteiger partial charge in [0.1, 0.15) is 30.2 Å². The van der Waals surface area contributed by atoms with Crippen molar-refractivity contribution in [3.05, 3.63) is 24.3 Å². The fraction of sp³-hybridized carbons (Fsp3) is 0.684. The van der Waals surface area contributed by atoms with Crippen LogP contribution in [0.15, 0.2) is 24.3 Å². The van der Waals surface area contributed by atoms with Gasteiger partial charge in [0.15, 0.2) is 17.4 Å². The average Bonchev–Trinajstić information content (AvgIpc) is 3.16. The molecule has 3 heterocycles. The van der Waals surface area contributed by atoms with Crippen molar-refractivity contribution in [1.82, 2.24) is 0 Å². The lowest BCUT2D eigenvalue weighted by molar-refractivity contribution is -0.174. The second kappa shape index (κ2) is 6.77. The molecule has 3 saturated heterocycles. The third kappa shape index (κ3) is 3.41. The zero-order chi connectivity index (χ0) is 20.3. The number of rotatable bonds is 3. The van der Waals surface area contributed by atoms with Crippen molar-refractivity contribution in [2.75, 3.05) is 13.7 Å². The van der Waals surface area contributed by atoms with E-state index in [1.165, 1.54) is 0 Å². The van der Waals surface area contributed by atoms with Gasteiger partial charge in [-0.3, -0.25) is 4.57 Å². The minimum atomic E-state index is -3.70. The molecule has 6 atom stereocenters. The van der Waals surface area contributed by atoms with Crippen LogP contribution in [0.3, 0.4) is 0 Å². The van der Waals surface area contributed by atoms with Crippen molar-refractivity contribution in [2.24, 2.45) is 0 Å². The summed E-state index contributed by atoms with van der Waals surface area (Å²) in [6, 6.07) is 6.63. The maximum absolute atomic E-state index is 13.9. The highest BCUT2D eigenvalue weighted by Crippen LogP contribution is 2.60. The summed E-state index contributed by atoms with van der Waals surface area (Å²) >= 11 is 0. The van der Waals surface area contributed by atoms with Gasteiger partial charge >= 0.3 is 0 Å². The second-order valence-electron chi connectivity index (χ2n) is 8.21. The lowest BCUT2D eigenvalue weighted by Gasteiger charge is -2.41. The van der Waals surface area contributed by atoms with E-state index in [1.807, 2.05) is 0 Å². The van der Waals surface area contributed by atoms with Gasteiger partial charge in [0.25, 0.3) is 7.37 Å². The van der Waals surface area contributed by atoms with Gasteiger partial charge in [-0.15, -0.1) is 0 Å². The zero-order valence-electron chi connectivity index (χ0n) is 16.7. The van der Waals surface area contributed by atoms with Crippen LogP contribution >= 0.6 is 7.37 Å². The molecule has 0 amide bonds. The molecule has 3 aliphatic rings. The van der Waals surface area contributed by atoms with E-state index in [0.717, 1.165) is 0 Å². The molecule has 0 aliphatic carbocycles. The number of aliphatic hydroxyl groups is 1. The first-order valence-electron chi connectivity index (χ1n) is 9.33. The number of ether oxygens (including phenoxy) is 5. The molecule has 0 unspecified atom stereocenters. The molecular formula is C19H27O8P. The summed E-state index contributed by atoms with van der Waals surface area (Å²) in [5.74, 6) is -2.47. The molecule has 3 aliphatic heterocycles. The monoisotopic (exact) mass is 414 g/mol. The first kappa shape index (κ1) is 20.3. The van der Waals surface area contributed by atoms with Gasteiger partial charge in [-0.05, 0) is 52.0 Å². The normalized spacial score (nSPS) is 41.6. The number of hydrogen-bond acceptors (Lipinski definition) is 8. The predicted octanol–water partition coefficient (Wildman–Crippen LogP) is 1.99. The number of fused-ring (bicyclic) bond motifs is 1. The van der Waals surface area contributed by atoms with Crippen LogP contribution < -0.4 is 10.0 Å². The van der Waals surface area contributed by atoms with Gasteiger partial charge in [0.2, 0.25) is 0 Å². The third-order valence-electron chi connectivity index (χ3n) is 5.24. The zero-order valence-corrected chi connectivity index (χ0v) is 17.5. The summed E-state index contributed by atoms with van der Waals surface area (Å²) in [7, 11) is -2.15. The molecule has 1 aromatic carbocycles. The summed E-state index contributed by atoms with van der Waals surface area (Å²) in [5.41, 5.74) is 0. The molecule has 0 spiro atoms. The van der Waals surface area contributed by atoms with Gasteiger partial charge in [0, 0.05) is 5.30 Å². The van der Waals surface area contributed by atoms with Crippen LogP contribution in [0.1, 0.15) is 27.7 Å². The van der Waals surface area contributed by atoms with E-state index >= 15 is 0 Å². The Morgan fingerprint density at radius 1 is 1.00 bits per heavy atom. The van der Waals surface area contributed by atoms with Gasteiger partial charge in [0.05, 0.1) is 13.7 Å².